The fraction of sp³-hybridized carbons (Fsp3) is 0.154. The van der Waals surface area contributed by atoms with Gasteiger partial charge in [-0.15, -0.1) is 11.6 Å². The van der Waals surface area contributed by atoms with Crippen molar-refractivity contribution in [1.29, 1.82) is 0 Å². The van der Waals surface area contributed by atoms with Gasteiger partial charge in [-0.25, -0.2) is 9.97 Å². The van der Waals surface area contributed by atoms with Gasteiger partial charge in [0.15, 0.2) is 5.65 Å². The van der Waals surface area contributed by atoms with Crippen LogP contribution in [0.4, 0.5) is 11.5 Å². The number of anilines is 2. The van der Waals surface area contributed by atoms with Crippen LogP contribution < -0.4 is 5.32 Å². The Morgan fingerprint density at radius 3 is 2.95 bits per heavy atom. The maximum atomic E-state index is 5.93. The predicted molar refractivity (Wildman–Crippen MR) is 75.6 cm³/mol. The number of benzene rings is 1. The molecule has 0 radical (unpaired) electrons. The Balaban J connectivity index is 2.06. The topological polar surface area (TPSA) is 55.6 Å². The first-order valence-corrected chi connectivity index (χ1v) is 6.36. The molecule has 19 heavy (non-hydrogen) atoms. The summed E-state index contributed by atoms with van der Waals surface area (Å²) in [5.74, 6) is 1.18. The van der Waals surface area contributed by atoms with Gasteiger partial charge in [0.25, 0.3) is 0 Å². The lowest BCUT2D eigenvalue weighted by Crippen LogP contribution is -1.99. The molecule has 3 aromatic rings. The number of halogens is 1. The summed E-state index contributed by atoms with van der Waals surface area (Å²) in [6, 6.07) is 7.88. The van der Waals surface area contributed by atoms with Gasteiger partial charge in [-0.3, -0.25) is 4.68 Å². The van der Waals surface area contributed by atoms with Crippen molar-refractivity contribution in [3.63, 3.8) is 0 Å². The summed E-state index contributed by atoms with van der Waals surface area (Å²) >= 11 is 5.93. The summed E-state index contributed by atoms with van der Waals surface area (Å²) in [6.07, 6.45) is 3.27. The zero-order valence-corrected chi connectivity index (χ0v) is 11.1. The average molecular weight is 274 g/mol. The minimum atomic E-state index is 0.449. The van der Waals surface area contributed by atoms with Crippen LogP contribution in [0.1, 0.15) is 5.56 Å². The van der Waals surface area contributed by atoms with Crippen LogP contribution in [0.5, 0.6) is 0 Å². The highest BCUT2D eigenvalue weighted by molar-refractivity contribution is 6.17. The summed E-state index contributed by atoms with van der Waals surface area (Å²) < 4.78 is 1.72. The van der Waals surface area contributed by atoms with Gasteiger partial charge in [-0.2, -0.15) is 5.10 Å². The minimum absolute atomic E-state index is 0.449. The predicted octanol–water partition coefficient (Wildman–Crippen LogP) is 2.85. The van der Waals surface area contributed by atoms with Gasteiger partial charge in [0.05, 0.1) is 11.6 Å². The molecule has 6 heteroatoms. The Kier molecular flexibility index (Phi) is 3.05. The highest BCUT2D eigenvalue weighted by Crippen LogP contribution is 2.25. The Bertz CT molecular complexity index is 722. The van der Waals surface area contributed by atoms with Crippen molar-refractivity contribution in [2.75, 3.05) is 5.32 Å². The molecule has 0 atom stereocenters. The zero-order chi connectivity index (χ0) is 13.2. The molecule has 96 valence electrons. The molecule has 0 aliphatic carbocycles. The second-order valence-corrected chi connectivity index (χ2v) is 4.41. The first kappa shape index (κ1) is 11.9. The van der Waals surface area contributed by atoms with E-state index in [1.165, 1.54) is 6.33 Å². The van der Waals surface area contributed by atoms with E-state index in [-0.39, 0.29) is 0 Å². The van der Waals surface area contributed by atoms with Crippen LogP contribution in [-0.4, -0.2) is 19.7 Å². The average Bonchev–Trinajstić information content (AvgIpc) is 2.82. The number of hydrogen-bond donors (Lipinski definition) is 1. The molecule has 0 spiro atoms. The van der Waals surface area contributed by atoms with Crippen LogP contribution in [0.3, 0.4) is 0 Å². The van der Waals surface area contributed by atoms with Gasteiger partial charge in [0.2, 0.25) is 0 Å². The van der Waals surface area contributed by atoms with Crippen molar-refractivity contribution < 1.29 is 0 Å². The lowest BCUT2D eigenvalue weighted by atomic mass is 10.2. The number of alkyl halides is 1. The summed E-state index contributed by atoms with van der Waals surface area (Å²) in [5.41, 5.74) is 2.77. The number of hydrogen-bond acceptors (Lipinski definition) is 4. The van der Waals surface area contributed by atoms with E-state index in [2.05, 4.69) is 20.4 Å². The van der Waals surface area contributed by atoms with Crippen molar-refractivity contribution in [3.05, 3.63) is 42.4 Å². The maximum Gasteiger partial charge on any atom is 0.163 e. The highest BCUT2D eigenvalue weighted by Gasteiger charge is 2.09. The Morgan fingerprint density at radius 1 is 1.26 bits per heavy atom. The van der Waals surface area contributed by atoms with E-state index in [1.54, 1.807) is 10.9 Å². The summed E-state index contributed by atoms with van der Waals surface area (Å²) in [5, 5.41) is 8.36. The largest absolute Gasteiger partial charge is 0.339 e. The molecule has 0 fully saturated rings. The van der Waals surface area contributed by atoms with E-state index in [0.29, 0.717) is 5.88 Å². The van der Waals surface area contributed by atoms with Crippen LogP contribution in [0.15, 0.2) is 36.8 Å². The molecular weight excluding hydrogens is 262 g/mol. The van der Waals surface area contributed by atoms with Crippen molar-refractivity contribution in [1.82, 2.24) is 19.7 Å². The van der Waals surface area contributed by atoms with Gasteiger partial charge < -0.3 is 5.32 Å². The summed E-state index contributed by atoms with van der Waals surface area (Å²) in [6.45, 7) is 0. The Labute approximate surface area is 115 Å². The van der Waals surface area contributed by atoms with E-state index in [1.807, 2.05) is 31.3 Å². The van der Waals surface area contributed by atoms with Crippen LogP contribution in [-0.2, 0) is 12.9 Å². The van der Waals surface area contributed by atoms with Crippen LogP contribution >= 0.6 is 11.6 Å². The van der Waals surface area contributed by atoms with E-state index in [0.717, 1.165) is 28.1 Å². The SMILES string of the molecule is Cn1ncc2c(Nc3ccccc3CCl)ncnc21. The molecule has 0 aliphatic rings. The number of nitrogens with zero attached hydrogens (tertiary/aromatic N) is 4. The van der Waals surface area contributed by atoms with Crippen LogP contribution in [0.25, 0.3) is 11.0 Å². The molecule has 0 amide bonds. The normalized spacial score (nSPS) is 10.8. The maximum absolute atomic E-state index is 5.93. The second-order valence-electron chi connectivity index (χ2n) is 4.14. The molecule has 2 heterocycles. The lowest BCUT2D eigenvalue weighted by molar-refractivity contribution is 0.785. The van der Waals surface area contributed by atoms with E-state index in [9.17, 15) is 0 Å². The summed E-state index contributed by atoms with van der Waals surface area (Å²) in [4.78, 5) is 8.48. The van der Waals surface area contributed by atoms with Gasteiger partial charge >= 0.3 is 0 Å². The number of aryl methyl sites for hydroxylation is 1. The molecule has 0 bridgehead atoms. The van der Waals surface area contributed by atoms with Crippen molar-refractivity contribution >= 4 is 34.1 Å². The molecule has 0 saturated carbocycles. The smallest absolute Gasteiger partial charge is 0.163 e. The first-order chi connectivity index (χ1) is 9.29. The number of fused-ring (bicyclic) bond motifs is 1. The minimum Gasteiger partial charge on any atom is -0.339 e. The third kappa shape index (κ3) is 2.13. The summed E-state index contributed by atoms with van der Waals surface area (Å²) in [7, 11) is 1.85. The number of nitrogens with one attached hydrogen (secondary N) is 1. The number of rotatable bonds is 3. The molecule has 5 nitrogen and oxygen atoms in total. The Hall–Kier alpha value is -2.14. The monoisotopic (exact) mass is 273 g/mol. The van der Waals surface area contributed by atoms with Crippen molar-refractivity contribution in [2.45, 2.75) is 5.88 Å². The molecular formula is C13H12ClN5. The molecule has 1 aromatic carbocycles. The third-order valence-corrected chi connectivity index (χ3v) is 3.23. The Morgan fingerprint density at radius 2 is 2.11 bits per heavy atom. The van der Waals surface area contributed by atoms with E-state index >= 15 is 0 Å². The molecule has 0 aliphatic heterocycles. The highest BCUT2D eigenvalue weighted by atomic mass is 35.5. The zero-order valence-electron chi connectivity index (χ0n) is 10.3. The van der Waals surface area contributed by atoms with Crippen molar-refractivity contribution in [3.8, 4) is 0 Å². The number of aromatic nitrogens is 4. The van der Waals surface area contributed by atoms with Gasteiger partial charge in [-0.1, -0.05) is 18.2 Å². The van der Waals surface area contributed by atoms with Gasteiger partial charge in [-0.05, 0) is 11.6 Å². The van der Waals surface area contributed by atoms with Gasteiger partial charge in [0.1, 0.15) is 12.1 Å². The lowest BCUT2D eigenvalue weighted by Gasteiger charge is -2.09. The quantitative estimate of drug-likeness (QED) is 0.746. The van der Waals surface area contributed by atoms with Crippen LogP contribution in [0, 0.1) is 0 Å². The van der Waals surface area contributed by atoms with Gasteiger partial charge in [0, 0.05) is 18.6 Å². The molecule has 3 rings (SSSR count). The van der Waals surface area contributed by atoms with E-state index in [4.69, 9.17) is 11.6 Å². The molecule has 1 N–H and O–H groups in total. The molecule has 0 unspecified atom stereocenters. The standard InChI is InChI=1S/C13H12ClN5/c1-19-13-10(7-17-19)12(15-8-16-13)18-11-5-3-2-4-9(11)6-14/h2-5,7-8H,6H2,1H3,(H,15,16,18). The third-order valence-electron chi connectivity index (χ3n) is 2.94. The fourth-order valence-corrected chi connectivity index (χ4v) is 2.18. The fourth-order valence-electron chi connectivity index (χ4n) is 1.95. The molecule has 2 aromatic heterocycles. The van der Waals surface area contributed by atoms with Crippen LogP contribution in [0.2, 0.25) is 0 Å². The second kappa shape index (κ2) is 4.85. The first-order valence-electron chi connectivity index (χ1n) is 5.83. The number of para-hydroxylation sites is 1. The van der Waals surface area contributed by atoms with E-state index < -0.39 is 0 Å². The molecule has 0 saturated heterocycles. The van der Waals surface area contributed by atoms with Crippen molar-refractivity contribution in [2.24, 2.45) is 7.05 Å².